The number of phenols is 1. The summed E-state index contributed by atoms with van der Waals surface area (Å²) >= 11 is 0. The summed E-state index contributed by atoms with van der Waals surface area (Å²) in [5.74, 6) is 0.600. The molecule has 0 radical (unpaired) electrons. The molecular weight excluding hydrogens is 954 g/mol. The fourth-order valence-corrected chi connectivity index (χ4v) is 8.45. The summed E-state index contributed by atoms with van der Waals surface area (Å²) in [6, 6.07) is 49.2. The Morgan fingerprint density at radius 1 is 0.651 bits per heavy atom. The van der Waals surface area contributed by atoms with Gasteiger partial charge >= 0.3 is 0 Å². The minimum atomic E-state index is -0.558. The van der Waals surface area contributed by atoms with Crippen molar-refractivity contribution in [3.63, 3.8) is 0 Å². The molecule has 0 saturated heterocycles. The Morgan fingerprint density at radius 3 is 1.87 bits per heavy atom. The maximum atomic E-state index is 12.6. The molecule has 1 N–H and O–H groups in total. The van der Waals surface area contributed by atoms with Crippen molar-refractivity contribution >= 4 is 16.7 Å². The first kappa shape index (κ1) is 44.5. The van der Waals surface area contributed by atoms with E-state index in [-0.39, 0.29) is 32.2 Å². The topological polar surface area (TPSA) is 79.1 Å². The first-order valence-electron chi connectivity index (χ1n) is 21.0. The van der Waals surface area contributed by atoms with Crippen LogP contribution in [0.15, 0.2) is 134 Å². The van der Waals surface area contributed by atoms with Crippen molar-refractivity contribution in [1.82, 2.24) is 14.5 Å². The third kappa shape index (κ3) is 8.37. The fourth-order valence-electron chi connectivity index (χ4n) is 8.45. The number of hydrogen-bond acceptors (Lipinski definition) is 4. The average molecular weight is 1000 g/mol. The predicted molar refractivity (Wildman–Crippen MR) is 254 cm³/mol. The van der Waals surface area contributed by atoms with Gasteiger partial charge in [-0.2, -0.15) is 5.26 Å². The summed E-state index contributed by atoms with van der Waals surface area (Å²) in [6.45, 7) is 27.1. The van der Waals surface area contributed by atoms with Crippen molar-refractivity contribution < 1.29 is 26.2 Å². The Balaban J connectivity index is 0.00000595. The molecule has 63 heavy (non-hydrogen) atoms. The van der Waals surface area contributed by atoms with E-state index in [4.69, 9.17) is 16.5 Å². The average Bonchev–Trinajstić information content (AvgIpc) is 3.64. The van der Waals surface area contributed by atoms with Gasteiger partial charge in [0.1, 0.15) is 11.6 Å². The van der Waals surface area contributed by atoms with Crippen LogP contribution in [-0.4, -0.2) is 19.6 Å². The van der Waals surface area contributed by atoms with E-state index in [9.17, 15) is 10.4 Å². The number of aromatic hydroxyl groups is 1. The van der Waals surface area contributed by atoms with Crippen LogP contribution in [0.2, 0.25) is 0 Å². The van der Waals surface area contributed by atoms with Crippen LogP contribution < -0.4 is 0 Å². The van der Waals surface area contributed by atoms with Gasteiger partial charge in [-0.25, -0.2) is 9.83 Å². The summed E-state index contributed by atoms with van der Waals surface area (Å²) in [4.78, 5) is 14.5. The van der Waals surface area contributed by atoms with Gasteiger partial charge in [-0.05, 0) is 50.6 Å². The van der Waals surface area contributed by atoms with Gasteiger partial charge in [0.15, 0.2) is 5.69 Å². The molecule has 8 rings (SSSR count). The number of hydrogen-bond donors (Lipinski definition) is 1. The van der Waals surface area contributed by atoms with Crippen molar-refractivity contribution in [2.45, 2.75) is 78.6 Å². The van der Waals surface area contributed by atoms with Crippen LogP contribution in [0.4, 0.5) is 5.69 Å². The van der Waals surface area contributed by atoms with E-state index >= 15 is 0 Å². The monoisotopic (exact) mass is 1000 g/mol. The molecule has 0 saturated carbocycles. The van der Waals surface area contributed by atoms with E-state index < -0.39 is 10.8 Å². The second-order valence-electron chi connectivity index (χ2n) is 19.0. The van der Waals surface area contributed by atoms with E-state index in [1.54, 1.807) is 0 Å². The van der Waals surface area contributed by atoms with Crippen molar-refractivity contribution in [1.29, 1.82) is 5.26 Å². The minimum absolute atomic E-state index is 0. The smallest absolute Gasteiger partial charge is 0.198 e. The Bertz CT molecular complexity index is 3100. The first-order chi connectivity index (χ1) is 29.5. The van der Waals surface area contributed by atoms with Crippen LogP contribution in [0.1, 0.15) is 84.6 Å². The zero-order valence-corrected chi connectivity index (χ0v) is 39.5. The van der Waals surface area contributed by atoms with Gasteiger partial charge in [0.2, 0.25) is 0 Å². The normalized spacial score (nSPS) is 11.8. The Morgan fingerprint density at radius 2 is 1.25 bits per heavy atom. The van der Waals surface area contributed by atoms with E-state index in [1.165, 1.54) is 0 Å². The number of phenolic OH excluding ortho intramolecular Hbond substituents is 1. The van der Waals surface area contributed by atoms with Gasteiger partial charge < -0.3 is 5.11 Å². The fraction of sp³-hybridized carbons (Fsp3) is 0.214. The Kier molecular flexibility index (Phi) is 12.0. The molecule has 316 valence electrons. The molecule has 0 fully saturated rings. The van der Waals surface area contributed by atoms with E-state index in [1.807, 2.05) is 93.7 Å². The van der Waals surface area contributed by atoms with Crippen LogP contribution in [0.3, 0.4) is 0 Å². The van der Waals surface area contributed by atoms with Crippen molar-refractivity contribution in [3.05, 3.63) is 173 Å². The quantitative estimate of drug-likeness (QED) is 0.168. The van der Waals surface area contributed by atoms with Gasteiger partial charge in [-0.1, -0.05) is 182 Å². The Hall–Kier alpha value is -6.59. The van der Waals surface area contributed by atoms with Gasteiger partial charge in [0, 0.05) is 44.1 Å². The Labute approximate surface area is 386 Å². The van der Waals surface area contributed by atoms with Gasteiger partial charge in [0.25, 0.3) is 0 Å². The molecule has 0 bridgehead atoms. The SMILES string of the molecule is [C-]#[N+]c1c(C(C)(C)C)cc(-c2nc3c(-c4[c-]c(-c5cc(C#N)c(C(C)(C)C)cn5)cc(-c5ccccc5)c4)cccc3n2-c2ccccc2-c2ccccc2)c(O)c1C(C)(C)C.[Pt]. The molecule has 2 heterocycles. The van der Waals surface area contributed by atoms with Gasteiger partial charge in [-0.3, -0.25) is 9.55 Å². The zero-order valence-electron chi connectivity index (χ0n) is 37.2. The maximum absolute atomic E-state index is 12.6. The van der Waals surface area contributed by atoms with Crippen LogP contribution >= 0.6 is 0 Å². The molecule has 0 unspecified atom stereocenters. The molecule has 0 atom stereocenters. The number of nitriles is 1. The van der Waals surface area contributed by atoms with Crippen LogP contribution in [0, 0.1) is 24.0 Å². The molecule has 8 aromatic rings. The van der Waals surface area contributed by atoms with Crippen LogP contribution in [-0.2, 0) is 37.3 Å². The molecule has 0 aliphatic heterocycles. The minimum Gasteiger partial charge on any atom is -0.508 e. The van der Waals surface area contributed by atoms with E-state index in [2.05, 4.69) is 124 Å². The second kappa shape index (κ2) is 16.9. The molecule has 2 aromatic heterocycles. The van der Waals surface area contributed by atoms with E-state index in [0.717, 1.165) is 66.8 Å². The third-order valence-corrected chi connectivity index (χ3v) is 11.5. The standard InChI is InChI=1S/C56H50N5O.Pt/c1-54(2,3)44-32-43(52(62)49(51(44)58-10)56(7,8)9)53-60-50-42(25-19-27-48(50)61(53)47-26-18-17-24-41(47)36-22-15-12-16-23-36)38-28-37(35-20-13-11-14-21-35)29-39(30-38)46-31-40(33-57)45(34-59-46)55(4,5)6;/h11-29,31-32,34,62H,1-9H3;/q-1;. The third-order valence-electron chi connectivity index (χ3n) is 11.5. The number of pyridine rings is 1. The van der Waals surface area contributed by atoms with Crippen molar-refractivity contribution in [2.24, 2.45) is 0 Å². The number of rotatable bonds is 6. The summed E-state index contributed by atoms with van der Waals surface area (Å²) in [5, 5.41) is 22.8. The summed E-state index contributed by atoms with van der Waals surface area (Å²) in [5.41, 5.74) is 12.2. The summed E-state index contributed by atoms with van der Waals surface area (Å²) < 4.78 is 2.15. The van der Waals surface area contributed by atoms with Gasteiger partial charge in [-0.15, -0.1) is 23.8 Å². The summed E-state index contributed by atoms with van der Waals surface area (Å²) in [7, 11) is 0. The van der Waals surface area contributed by atoms with Crippen molar-refractivity contribution in [3.8, 4) is 73.5 Å². The number of para-hydroxylation sites is 2. The number of imidazole rings is 1. The van der Waals surface area contributed by atoms with Gasteiger partial charge in [0.05, 0.1) is 40.5 Å². The number of fused-ring (bicyclic) bond motifs is 1. The van der Waals surface area contributed by atoms with Crippen LogP contribution in [0.5, 0.6) is 5.75 Å². The van der Waals surface area contributed by atoms with Crippen LogP contribution in [0.25, 0.3) is 77.6 Å². The molecular formula is C56H50N5OPt-. The maximum Gasteiger partial charge on any atom is 0.198 e. The number of aromatic nitrogens is 3. The summed E-state index contributed by atoms with van der Waals surface area (Å²) in [6.07, 6.45) is 1.82. The largest absolute Gasteiger partial charge is 0.508 e. The molecule has 0 spiro atoms. The molecule has 0 aliphatic carbocycles. The molecule has 0 amide bonds. The number of benzene rings is 6. The molecule has 6 aromatic carbocycles. The molecule has 6 nitrogen and oxygen atoms in total. The zero-order chi connectivity index (χ0) is 44.1. The van der Waals surface area contributed by atoms with Crippen molar-refractivity contribution in [2.75, 3.05) is 0 Å². The molecule has 0 aliphatic rings. The predicted octanol–water partition coefficient (Wildman–Crippen LogP) is 14.6. The molecule has 7 heteroatoms. The van der Waals surface area contributed by atoms with E-state index in [0.29, 0.717) is 33.9 Å². The number of nitrogens with zero attached hydrogens (tertiary/aromatic N) is 5. The first-order valence-corrected chi connectivity index (χ1v) is 21.0. The second-order valence-corrected chi connectivity index (χ2v) is 19.0.